The Morgan fingerprint density at radius 3 is 2.67 bits per heavy atom. The molecule has 0 spiro atoms. The second-order valence-corrected chi connectivity index (χ2v) is 4.90. The molecule has 1 atom stereocenters. The summed E-state index contributed by atoms with van der Waals surface area (Å²) in [5.74, 6) is -0.0483. The summed E-state index contributed by atoms with van der Waals surface area (Å²) in [7, 11) is 0. The van der Waals surface area contributed by atoms with Crippen LogP contribution in [0.15, 0.2) is 48.7 Å². The molecule has 1 amide bonds. The van der Waals surface area contributed by atoms with E-state index in [1.165, 1.54) is 0 Å². The maximum Gasteiger partial charge on any atom is 0.407 e. The lowest BCUT2D eigenvalue weighted by Gasteiger charge is -2.17. The van der Waals surface area contributed by atoms with Crippen LogP contribution in [0.2, 0.25) is 5.02 Å². The number of aromatic nitrogens is 1. The quantitative estimate of drug-likeness (QED) is 0.918. The Labute approximate surface area is 129 Å². The van der Waals surface area contributed by atoms with E-state index in [2.05, 4.69) is 10.3 Å². The van der Waals surface area contributed by atoms with Gasteiger partial charge < -0.3 is 10.1 Å². The van der Waals surface area contributed by atoms with Gasteiger partial charge in [0.15, 0.2) is 0 Å². The Kier molecular flexibility index (Phi) is 5.58. The first kappa shape index (κ1) is 15.3. The molecule has 1 unspecified atom stereocenters. The topological polar surface area (TPSA) is 51.2 Å². The number of rotatable bonds is 5. The van der Waals surface area contributed by atoms with Gasteiger partial charge in [0.1, 0.15) is 0 Å². The average molecular weight is 305 g/mol. The van der Waals surface area contributed by atoms with Crippen LogP contribution in [0, 0.1) is 0 Å². The first-order valence-corrected chi connectivity index (χ1v) is 7.15. The van der Waals surface area contributed by atoms with Gasteiger partial charge in [-0.05, 0) is 36.8 Å². The number of carbonyl (C=O) groups is 1. The van der Waals surface area contributed by atoms with Gasteiger partial charge in [-0.1, -0.05) is 29.8 Å². The monoisotopic (exact) mass is 304 g/mol. The number of benzene rings is 1. The molecule has 1 aromatic carbocycles. The fourth-order valence-corrected chi connectivity index (χ4v) is 2.16. The van der Waals surface area contributed by atoms with E-state index in [0.717, 1.165) is 11.3 Å². The summed E-state index contributed by atoms with van der Waals surface area (Å²) in [5, 5.41) is 3.44. The summed E-state index contributed by atoms with van der Waals surface area (Å²) in [6, 6.07) is 13.3. The molecule has 4 nitrogen and oxygen atoms in total. The molecule has 1 heterocycles. The molecule has 0 fully saturated rings. The highest BCUT2D eigenvalue weighted by Gasteiger charge is 2.16. The van der Waals surface area contributed by atoms with Gasteiger partial charge in [0.25, 0.3) is 0 Å². The number of nitrogens with zero attached hydrogens (tertiary/aromatic N) is 1. The third kappa shape index (κ3) is 4.46. The van der Waals surface area contributed by atoms with Gasteiger partial charge in [-0.3, -0.25) is 4.98 Å². The highest BCUT2D eigenvalue weighted by atomic mass is 35.5. The van der Waals surface area contributed by atoms with Crippen molar-refractivity contribution >= 4 is 17.7 Å². The molecule has 0 aliphatic rings. The van der Waals surface area contributed by atoms with E-state index in [1.54, 1.807) is 13.1 Å². The molecule has 0 aliphatic carbocycles. The highest BCUT2D eigenvalue weighted by molar-refractivity contribution is 6.30. The fraction of sp³-hybridized carbons (Fsp3) is 0.250. The van der Waals surface area contributed by atoms with Crippen molar-refractivity contribution in [3.8, 4) is 0 Å². The van der Waals surface area contributed by atoms with Crippen LogP contribution >= 0.6 is 11.6 Å². The standard InChI is InChI=1S/C16H17ClN2O2/c1-2-21-16(20)19-11-14(15-5-3-4-10-18-15)12-6-8-13(17)9-7-12/h3-10,14H,2,11H2,1H3,(H,19,20). The van der Waals surface area contributed by atoms with E-state index in [1.807, 2.05) is 42.5 Å². The molecule has 0 aliphatic heterocycles. The maximum absolute atomic E-state index is 11.5. The molecule has 1 N–H and O–H groups in total. The van der Waals surface area contributed by atoms with Crippen molar-refractivity contribution in [2.75, 3.05) is 13.2 Å². The zero-order valence-electron chi connectivity index (χ0n) is 11.8. The van der Waals surface area contributed by atoms with Crippen LogP contribution in [-0.4, -0.2) is 24.2 Å². The van der Waals surface area contributed by atoms with Crippen LogP contribution < -0.4 is 5.32 Å². The van der Waals surface area contributed by atoms with E-state index in [-0.39, 0.29) is 5.92 Å². The molecular weight excluding hydrogens is 288 g/mol. The van der Waals surface area contributed by atoms with Gasteiger partial charge >= 0.3 is 6.09 Å². The van der Waals surface area contributed by atoms with E-state index in [9.17, 15) is 4.79 Å². The smallest absolute Gasteiger partial charge is 0.407 e. The van der Waals surface area contributed by atoms with Crippen molar-refractivity contribution in [2.45, 2.75) is 12.8 Å². The number of carbonyl (C=O) groups excluding carboxylic acids is 1. The summed E-state index contributed by atoms with van der Waals surface area (Å²) in [6.07, 6.45) is 1.31. The second kappa shape index (κ2) is 7.64. The molecule has 0 bridgehead atoms. The van der Waals surface area contributed by atoms with Gasteiger partial charge in [0.2, 0.25) is 0 Å². The number of hydrogen-bond donors (Lipinski definition) is 1. The number of alkyl carbamates (subject to hydrolysis) is 1. The number of ether oxygens (including phenoxy) is 1. The van der Waals surface area contributed by atoms with Gasteiger partial charge in [-0.2, -0.15) is 0 Å². The molecule has 0 saturated heterocycles. The SMILES string of the molecule is CCOC(=O)NCC(c1ccc(Cl)cc1)c1ccccn1. The van der Waals surface area contributed by atoms with E-state index in [4.69, 9.17) is 16.3 Å². The van der Waals surface area contributed by atoms with Gasteiger partial charge in [0.05, 0.1) is 6.61 Å². The van der Waals surface area contributed by atoms with Crippen LogP contribution in [-0.2, 0) is 4.74 Å². The predicted molar refractivity (Wildman–Crippen MR) is 82.6 cm³/mol. The average Bonchev–Trinajstić information content (AvgIpc) is 2.50. The molecule has 5 heteroatoms. The molecule has 1 aromatic heterocycles. The van der Waals surface area contributed by atoms with Gasteiger partial charge in [0, 0.05) is 29.4 Å². The van der Waals surface area contributed by atoms with Crippen LogP contribution in [0.25, 0.3) is 0 Å². The number of hydrogen-bond acceptors (Lipinski definition) is 3. The fourth-order valence-electron chi connectivity index (χ4n) is 2.04. The van der Waals surface area contributed by atoms with Crippen LogP contribution in [0.4, 0.5) is 4.79 Å². The summed E-state index contributed by atoms with van der Waals surface area (Å²) in [5.41, 5.74) is 1.92. The van der Waals surface area contributed by atoms with Crippen molar-refractivity contribution in [1.29, 1.82) is 0 Å². The summed E-state index contributed by atoms with van der Waals surface area (Å²) < 4.78 is 4.89. The van der Waals surface area contributed by atoms with Crippen molar-refractivity contribution in [3.05, 3.63) is 64.9 Å². The van der Waals surface area contributed by atoms with Crippen LogP contribution in [0.3, 0.4) is 0 Å². The molecule has 110 valence electrons. The first-order valence-electron chi connectivity index (χ1n) is 6.77. The lowest BCUT2D eigenvalue weighted by Crippen LogP contribution is -2.29. The minimum Gasteiger partial charge on any atom is -0.450 e. The normalized spacial score (nSPS) is 11.7. The van der Waals surface area contributed by atoms with Crippen LogP contribution in [0.1, 0.15) is 24.1 Å². The van der Waals surface area contributed by atoms with Crippen molar-refractivity contribution < 1.29 is 9.53 Å². The lowest BCUT2D eigenvalue weighted by atomic mass is 9.95. The second-order valence-electron chi connectivity index (χ2n) is 4.46. The van der Waals surface area contributed by atoms with Crippen molar-refractivity contribution in [3.63, 3.8) is 0 Å². The molecular formula is C16H17ClN2O2. The summed E-state index contributed by atoms with van der Waals surface area (Å²) >= 11 is 5.93. The van der Waals surface area contributed by atoms with E-state index < -0.39 is 6.09 Å². The van der Waals surface area contributed by atoms with Crippen molar-refractivity contribution in [2.24, 2.45) is 0 Å². The Balaban J connectivity index is 2.18. The number of amides is 1. The number of nitrogens with one attached hydrogen (secondary N) is 1. The van der Waals surface area contributed by atoms with Gasteiger partial charge in [-0.15, -0.1) is 0 Å². The van der Waals surface area contributed by atoms with Gasteiger partial charge in [-0.25, -0.2) is 4.79 Å². The minimum absolute atomic E-state index is 0.0483. The summed E-state index contributed by atoms with van der Waals surface area (Å²) in [6.45, 7) is 2.54. The largest absolute Gasteiger partial charge is 0.450 e. The number of pyridine rings is 1. The first-order chi connectivity index (χ1) is 10.2. The lowest BCUT2D eigenvalue weighted by molar-refractivity contribution is 0.152. The minimum atomic E-state index is -0.424. The zero-order valence-corrected chi connectivity index (χ0v) is 12.5. The molecule has 2 aromatic rings. The highest BCUT2D eigenvalue weighted by Crippen LogP contribution is 2.23. The molecule has 0 saturated carbocycles. The third-order valence-corrected chi connectivity index (χ3v) is 3.30. The molecule has 2 rings (SSSR count). The van der Waals surface area contributed by atoms with E-state index in [0.29, 0.717) is 18.2 Å². The maximum atomic E-state index is 11.5. The third-order valence-electron chi connectivity index (χ3n) is 3.04. The molecule has 0 radical (unpaired) electrons. The van der Waals surface area contributed by atoms with E-state index >= 15 is 0 Å². The zero-order chi connectivity index (χ0) is 15.1. The Hall–Kier alpha value is -2.07. The molecule has 21 heavy (non-hydrogen) atoms. The summed E-state index contributed by atoms with van der Waals surface area (Å²) in [4.78, 5) is 15.9. The van der Waals surface area contributed by atoms with Crippen molar-refractivity contribution in [1.82, 2.24) is 10.3 Å². The Morgan fingerprint density at radius 2 is 2.05 bits per heavy atom. The Bertz CT molecular complexity index is 573. The Morgan fingerprint density at radius 1 is 1.29 bits per heavy atom. The number of halogens is 1. The van der Waals surface area contributed by atoms with Crippen LogP contribution in [0.5, 0.6) is 0 Å². The predicted octanol–water partition coefficient (Wildman–Crippen LogP) is 3.61.